The fraction of sp³-hybridized carbons (Fsp3) is 0.571. The Kier molecular flexibility index (Phi) is 6.63. The molecule has 0 radical (unpaired) electrons. The van der Waals surface area contributed by atoms with E-state index in [1.165, 1.54) is 16.0 Å². The van der Waals surface area contributed by atoms with Gasteiger partial charge in [-0.15, -0.1) is 11.8 Å². The maximum Gasteiger partial charge on any atom is 0.0587 e. The first-order valence-corrected chi connectivity index (χ1v) is 6.97. The molecule has 0 spiro atoms. The first kappa shape index (κ1) is 14.6. The summed E-state index contributed by atoms with van der Waals surface area (Å²) in [5.74, 6) is 0. The monoisotopic (exact) mass is 253 g/mol. The topological polar surface area (TPSA) is 21.3 Å². The molecule has 1 rings (SSSR count). The lowest BCUT2D eigenvalue weighted by Gasteiger charge is -2.13. The average Bonchev–Trinajstić information content (AvgIpc) is 2.27. The molecule has 0 fully saturated rings. The van der Waals surface area contributed by atoms with Crippen LogP contribution in [-0.4, -0.2) is 25.5 Å². The van der Waals surface area contributed by atoms with Crippen molar-refractivity contribution >= 4 is 11.8 Å². The van der Waals surface area contributed by atoms with Crippen LogP contribution in [0.5, 0.6) is 0 Å². The van der Waals surface area contributed by atoms with Gasteiger partial charge in [-0.25, -0.2) is 0 Å². The van der Waals surface area contributed by atoms with Gasteiger partial charge in [-0.2, -0.15) is 0 Å². The van der Waals surface area contributed by atoms with Crippen molar-refractivity contribution in [3.05, 3.63) is 29.3 Å². The summed E-state index contributed by atoms with van der Waals surface area (Å²) in [5.41, 5.74) is 2.71. The summed E-state index contributed by atoms with van der Waals surface area (Å²) in [7, 11) is 1.73. The number of hydrogen-bond donors (Lipinski definition) is 1. The van der Waals surface area contributed by atoms with E-state index in [1.807, 2.05) is 11.8 Å². The average molecular weight is 253 g/mol. The normalized spacial score (nSPS) is 11.1. The highest BCUT2D eigenvalue weighted by atomic mass is 32.2. The first-order chi connectivity index (χ1) is 8.13. The predicted octanol–water partition coefficient (Wildman–Crippen LogP) is 3.23. The highest BCUT2D eigenvalue weighted by molar-refractivity contribution is 8.00. The van der Waals surface area contributed by atoms with Crippen molar-refractivity contribution in [2.24, 2.45) is 0 Å². The molecule has 0 bridgehead atoms. The van der Waals surface area contributed by atoms with Gasteiger partial charge >= 0.3 is 0 Å². The van der Waals surface area contributed by atoms with Crippen molar-refractivity contribution in [3.8, 4) is 0 Å². The Hall–Kier alpha value is -0.510. The lowest BCUT2D eigenvalue weighted by Crippen LogP contribution is -2.19. The number of methoxy groups -OCH3 is 1. The molecule has 0 saturated carbocycles. The minimum atomic E-state index is 0.621. The van der Waals surface area contributed by atoms with Crippen LogP contribution >= 0.6 is 11.8 Å². The Bertz CT molecular complexity index is 339. The maximum atomic E-state index is 5.03. The van der Waals surface area contributed by atoms with Crippen LogP contribution in [0.15, 0.2) is 23.1 Å². The number of ether oxygens (including phenoxy) is 1. The van der Waals surface area contributed by atoms with Crippen LogP contribution in [0.1, 0.15) is 25.0 Å². The van der Waals surface area contributed by atoms with Gasteiger partial charge in [-0.1, -0.05) is 31.5 Å². The smallest absolute Gasteiger partial charge is 0.0587 e. The van der Waals surface area contributed by atoms with Crippen LogP contribution in [0.3, 0.4) is 0 Å². The Morgan fingerprint density at radius 3 is 2.76 bits per heavy atom. The molecule has 0 unspecified atom stereocenters. The number of rotatable bonds is 7. The Labute approximate surface area is 109 Å². The van der Waals surface area contributed by atoms with E-state index in [-0.39, 0.29) is 0 Å². The first-order valence-electron chi connectivity index (χ1n) is 6.09. The maximum absolute atomic E-state index is 5.03. The van der Waals surface area contributed by atoms with Crippen molar-refractivity contribution in [1.29, 1.82) is 0 Å². The second-order valence-corrected chi connectivity index (χ2v) is 6.07. The number of thioether (sulfide) groups is 1. The zero-order valence-corrected chi connectivity index (χ0v) is 12.1. The molecule has 96 valence electrons. The molecule has 1 aromatic rings. The number of aryl methyl sites for hydroxylation is 1. The van der Waals surface area contributed by atoms with Gasteiger partial charge in [0.25, 0.3) is 0 Å². The van der Waals surface area contributed by atoms with Gasteiger partial charge in [0, 0.05) is 30.3 Å². The Morgan fingerprint density at radius 2 is 2.12 bits per heavy atom. The summed E-state index contributed by atoms with van der Waals surface area (Å²) in [6, 6.07) is 6.68. The van der Waals surface area contributed by atoms with Crippen LogP contribution in [-0.2, 0) is 11.3 Å². The zero-order chi connectivity index (χ0) is 12.7. The van der Waals surface area contributed by atoms with Crippen molar-refractivity contribution in [2.45, 2.75) is 37.5 Å². The van der Waals surface area contributed by atoms with Crippen molar-refractivity contribution in [2.75, 3.05) is 20.3 Å². The minimum absolute atomic E-state index is 0.621. The quantitative estimate of drug-likeness (QED) is 0.595. The lowest BCUT2D eigenvalue weighted by molar-refractivity contribution is 0.199. The van der Waals surface area contributed by atoms with Crippen LogP contribution in [0, 0.1) is 6.92 Å². The van der Waals surface area contributed by atoms with Crippen LogP contribution < -0.4 is 5.32 Å². The SMILES string of the molecule is COCCNCc1cc(C)ccc1SC(C)C. The summed E-state index contributed by atoms with van der Waals surface area (Å²) in [4.78, 5) is 1.38. The molecule has 0 aromatic heterocycles. The van der Waals surface area contributed by atoms with Crippen LogP contribution in [0.4, 0.5) is 0 Å². The van der Waals surface area contributed by atoms with E-state index >= 15 is 0 Å². The fourth-order valence-corrected chi connectivity index (χ4v) is 2.55. The Morgan fingerprint density at radius 1 is 1.35 bits per heavy atom. The van der Waals surface area contributed by atoms with Crippen molar-refractivity contribution in [1.82, 2.24) is 5.32 Å². The molecule has 0 saturated heterocycles. The molecule has 17 heavy (non-hydrogen) atoms. The third-order valence-corrected chi connectivity index (χ3v) is 3.50. The minimum Gasteiger partial charge on any atom is -0.383 e. The fourth-order valence-electron chi connectivity index (χ4n) is 1.61. The predicted molar refractivity (Wildman–Crippen MR) is 75.8 cm³/mol. The van der Waals surface area contributed by atoms with Gasteiger partial charge in [-0.05, 0) is 18.6 Å². The summed E-state index contributed by atoms with van der Waals surface area (Å²) >= 11 is 1.93. The van der Waals surface area contributed by atoms with E-state index < -0.39 is 0 Å². The number of benzene rings is 1. The zero-order valence-electron chi connectivity index (χ0n) is 11.2. The van der Waals surface area contributed by atoms with Crippen LogP contribution in [0.2, 0.25) is 0 Å². The molecular weight excluding hydrogens is 230 g/mol. The molecular formula is C14H23NOS. The summed E-state index contributed by atoms with van der Waals surface area (Å²) in [6.45, 7) is 9.18. The molecule has 0 amide bonds. The molecule has 1 N–H and O–H groups in total. The van der Waals surface area contributed by atoms with Gasteiger partial charge in [0.2, 0.25) is 0 Å². The molecule has 3 heteroatoms. The summed E-state index contributed by atoms with van der Waals surface area (Å²) in [6.07, 6.45) is 0. The number of nitrogens with one attached hydrogen (secondary N) is 1. The molecule has 1 aromatic carbocycles. The third-order valence-electron chi connectivity index (χ3n) is 2.38. The van der Waals surface area contributed by atoms with Gasteiger partial charge in [0.1, 0.15) is 0 Å². The molecule has 0 aliphatic carbocycles. The highest BCUT2D eigenvalue weighted by Crippen LogP contribution is 2.27. The van der Waals surface area contributed by atoms with Gasteiger partial charge in [-0.3, -0.25) is 0 Å². The van der Waals surface area contributed by atoms with E-state index in [1.54, 1.807) is 7.11 Å². The standard InChI is InChI=1S/C14H23NOS/c1-11(2)17-14-6-5-12(3)9-13(14)10-15-7-8-16-4/h5-6,9,11,15H,7-8,10H2,1-4H3. The van der Waals surface area contributed by atoms with Crippen LogP contribution in [0.25, 0.3) is 0 Å². The molecule has 0 aliphatic rings. The van der Waals surface area contributed by atoms with E-state index in [2.05, 4.69) is 44.3 Å². The van der Waals surface area contributed by atoms with Gasteiger partial charge in [0.05, 0.1) is 6.61 Å². The van der Waals surface area contributed by atoms with E-state index in [0.29, 0.717) is 5.25 Å². The largest absolute Gasteiger partial charge is 0.383 e. The van der Waals surface area contributed by atoms with E-state index in [9.17, 15) is 0 Å². The Balaban J connectivity index is 2.63. The van der Waals surface area contributed by atoms with Crippen molar-refractivity contribution in [3.63, 3.8) is 0 Å². The van der Waals surface area contributed by atoms with Crippen molar-refractivity contribution < 1.29 is 4.74 Å². The third kappa shape index (κ3) is 5.57. The van der Waals surface area contributed by atoms with E-state index in [4.69, 9.17) is 4.74 Å². The lowest BCUT2D eigenvalue weighted by atomic mass is 10.1. The van der Waals surface area contributed by atoms with Gasteiger partial charge < -0.3 is 10.1 Å². The second kappa shape index (κ2) is 7.75. The molecule has 0 atom stereocenters. The van der Waals surface area contributed by atoms with E-state index in [0.717, 1.165) is 19.7 Å². The second-order valence-electron chi connectivity index (χ2n) is 4.45. The summed E-state index contributed by atoms with van der Waals surface area (Å²) < 4.78 is 5.03. The summed E-state index contributed by atoms with van der Waals surface area (Å²) in [5, 5.41) is 4.03. The molecule has 0 aliphatic heterocycles. The highest BCUT2D eigenvalue weighted by Gasteiger charge is 2.05. The molecule has 2 nitrogen and oxygen atoms in total. The molecule has 0 heterocycles. The van der Waals surface area contributed by atoms with Gasteiger partial charge in [0.15, 0.2) is 0 Å². The number of hydrogen-bond acceptors (Lipinski definition) is 3.